The molecule has 0 radical (unpaired) electrons. The van der Waals surface area contributed by atoms with Gasteiger partial charge in [-0.05, 0) is 46.3 Å². The number of rotatable bonds is 3. The van der Waals surface area contributed by atoms with E-state index in [2.05, 4.69) is 25.6 Å². The molecule has 1 aromatic heterocycles. The molecule has 0 saturated carbocycles. The highest BCUT2D eigenvalue weighted by atomic mass is 79.9. The van der Waals surface area contributed by atoms with Gasteiger partial charge in [0.25, 0.3) is 10.0 Å². The Morgan fingerprint density at radius 3 is 2.53 bits per heavy atom. The molecule has 0 aliphatic rings. The summed E-state index contributed by atoms with van der Waals surface area (Å²) in [6, 6.07) is 7.38. The van der Waals surface area contributed by atoms with Crippen molar-refractivity contribution in [2.24, 2.45) is 0 Å². The Kier molecular flexibility index (Phi) is 4.35. The summed E-state index contributed by atoms with van der Waals surface area (Å²) in [6.45, 7) is 0. The van der Waals surface area contributed by atoms with Crippen molar-refractivity contribution in [2.45, 2.75) is 4.90 Å². The van der Waals surface area contributed by atoms with Gasteiger partial charge in [0.05, 0.1) is 15.6 Å². The van der Waals surface area contributed by atoms with Gasteiger partial charge in [-0.15, -0.1) is 0 Å². The van der Waals surface area contributed by atoms with Crippen LogP contribution in [0.25, 0.3) is 0 Å². The molecule has 1 aromatic carbocycles. The number of sulfonamides is 1. The molecule has 0 aliphatic heterocycles. The molecule has 4 nitrogen and oxygen atoms in total. The average Bonchev–Trinajstić information content (AvgIpc) is 2.33. The summed E-state index contributed by atoms with van der Waals surface area (Å²) in [5.41, 5.74) is 0.362. The number of benzene rings is 1. The van der Waals surface area contributed by atoms with Gasteiger partial charge >= 0.3 is 0 Å². The number of halogens is 3. The molecular formula is C11H7BrCl2N2O2S. The monoisotopic (exact) mass is 380 g/mol. The summed E-state index contributed by atoms with van der Waals surface area (Å²) in [5.74, 6) is 0. The summed E-state index contributed by atoms with van der Waals surface area (Å²) in [5, 5.41) is 0.518. The number of nitrogens with one attached hydrogen (secondary N) is 1. The molecule has 0 fully saturated rings. The molecule has 2 aromatic rings. The van der Waals surface area contributed by atoms with Gasteiger partial charge in [-0.3, -0.25) is 4.72 Å². The number of nitrogens with zero attached hydrogens (tertiary/aromatic N) is 1. The van der Waals surface area contributed by atoms with Gasteiger partial charge in [-0.25, -0.2) is 13.4 Å². The molecule has 2 rings (SSSR count). The Labute approximate surface area is 128 Å². The molecule has 0 amide bonds. The maximum absolute atomic E-state index is 12.1. The smallest absolute Gasteiger partial charge is 0.262 e. The molecule has 1 heterocycles. The minimum Gasteiger partial charge on any atom is -0.280 e. The minimum absolute atomic E-state index is 0.0338. The van der Waals surface area contributed by atoms with Crippen LogP contribution in [0.4, 0.5) is 5.69 Å². The van der Waals surface area contributed by atoms with Crippen molar-refractivity contribution in [2.75, 3.05) is 4.72 Å². The lowest BCUT2D eigenvalue weighted by molar-refractivity contribution is 0.601. The highest BCUT2D eigenvalue weighted by Crippen LogP contribution is 2.27. The lowest BCUT2D eigenvalue weighted by Gasteiger charge is -2.08. The third kappa shape index (κ3) is 3.60. The van der Waals surface area contributed by atoms with Crippen molar-refractivity contribution in [3.05, 3.63) is 51.2 Å². The fourth-order valence-corrected chi connectivity index (χ4v) is 3.05. The summed E-state index contributed by atoms with van der Waals surface area (Å²) in [6.07, 6.45) is 1.32. The van der Waals surface area contributed by atoms with Gasteiger partial charge in [0, 0.05) is 10.7 Å². The topological polar surface area (TPSA) is 59.1 Å². The molecular weight excluding hydrogens is 375 g/mol. The number of anilines is 1. The zero-order chi connectivity index (χ0) is 14.0. The number of hydrogen-bond donors (Lipinski definition) is 1. The molecule has 100 valence electrons. The van der Waals surface area contributed by atoms with Gasteiger partial charge in [0.1, 0.15) is 5.15 Å². The Balaban J connectivity index is 2.33. The fraction of sp³-hybridized carbons (Fsp3) is 0. The van der Waals surface area contributed by atoms with Crippen LogP contribution < -0.4 is 4.72 Å². The van der Waals surface area contributed by atoms with Crippen molar-refractivity contribution < 1.29 is 8.42 Å². The van der Waals surface area contributed by atoms with Crippen molar-refractivity contribution in [1.29, 1.82) is 0 Å². The van der Waals surface area contributed by atoms with Gasteiger partial charge in [-0.1, -0.05) is 23.2 Å². The number of aromatic nitrogens is 1. The van der Waals surface area contributed by atoms with E-state index in [1.165, 1.54) is 24.4 Å². The Morgan fingerprint density at radius 1 is 1.16 bits per heavy atom. The van der Waals surface area contributed by atoms with Crippen molar-refractivity contribution in [3.8, 4) is 0 Å². The van der Waals surface area contributed by atoms with Crippen LogP contribution in [0.5, 0.6) is 0 Å². The van der Waals surface area contributed by atoms with E-state index in [4.69, 9.17) is 23.2 Å². The maximum atomic E-state index is 12.1. The largest absolute Gasteiger partial charge is 0.280 e. The van der Waals surface area contributed by atoms with E-state index in [-0.39, 0.29) is 10.0 Å². The Bertz CT molecular complexity index is 722. The first-order valence-corrected chi connectivity index (χ1v) is 8.01. The van der Waals surface area contributed by atoms with E-state index in [9.17, 15) is 8.42 Å². The predicted octanol–water partition coefficient (Wildman–Crippen LogP) is 3.95. The molecule has 0 atom stereocenters. The van der Waals surface area contributed by atoms with Gasteiger partial charge < -0.3 is 0 Å². The van der Waals surface area contributed by atoms with Crippen LogP contribution in [0.15, 0.2) is 45.9 Å². The quantitative estimate of drug-likeness (QED) is 0.818. The zero-order valence-electron chi connectivity index (χ0n) is 9.27. The van der Waals surface area contributed by atoms with E-state index in [0.717, 1.165) is 0 Å². The average molecular weight is 382 g/mol. The van der Waals surface area contributed by atoms with Crippen LogP contribution in [0.3, 0.4) is 0 Å². The van der Waals surface area contributed by atoms with E-state index >= 15 is 0 Å². The molecule has 0 unspecified atom stereocenters. The Morgan fingerprint density at radius 2 is 1.89 bits per heavy atom. The highest BCUT2D eigenvalue weighted by Gasteiger charge is 2.15. The molecule has 19 heavy (non-hydrogen) atoms. The molecule has 0 saturated heterocycles. The minimum atomic E-state index is -3.71. The molecule has 1 N–H and O–H groups in total. The zero-order valence-corrected chi connectivity index (χ0v) is 13.2. The summed E-state index contributed by atoms with van der Waals surface area (Å²) in [4.78, 5) is 3.77. The lowest BCUT2D eigenvalue weighted by Crippen LogP contribution is -2.13. The van der Waals surface area contributed by atoms with Crippen LogP contribution in [0.2, 0.25) is 10.2 Å². The first kappa shape index (κ1) is 14.6. The van der Waals surface area contributed by atoms with E-state index in [1.807, 2.05) is 0 Å². The predicted molar refractivity (Wildman–Crippen MR) is 79.2 cm³/mol. The second-order valence-electron chi connectivity index (χ2n) is 3.55. The first-order valence-electron chi connectivity index (χ1n) is 4.98. The van der Waals surface area contributed by atoms with E-state index in [1.54, 1.807) is 12.1 Å². The number of pyridine rings is 1. The molecule has 8 heteroatoms. The molecule has 0 aliphatic carbocycles. The molecule has 0 spiro atoms. The number of hydrogen-bond acceptors (Lipinski definition) is 3. The lowest BCUT2D eigenvalue weighted by atomic mass is 10.3. The third-order valence-corrected chi connectivity index (χ3v) is 5.00. The van der Waals surface area contributed by atoms with Crippen molar-refractivity contribution >= 4 is 54.8 Å². The normalized spacial score (nSPS) is 11.3. The van der Waals surface area contributed by atoms with E-state index < -0.39 is 10.0 Å². The third-order valence-electron chi connectivity index (χ3n) is 2.18. The van der Waals surface area contributed by atoms with E-state index in [0.29, 0.717) is 15.2 Å². The van der Waals surface area contributed by atoms with Gasteiger partial charge in [-0.2, -0.15) is 0 Å². The molecule has 0 bridgehead atoms. The summed E-state index contributed by atoms with van der Waals surface area (Å²) >= 11 is 14.8. The van der Waals surface area contributed by atoms with Crippen LogP contribution in [-0.4, -0.2) is 13.4 Å². The van der Waals surface area contributed by atoms with Crippen LogP contribution in [-0.2, 0) is 10.0 Å². The van der Waals surface area contributed by atoms with Crippen molar-refractivity contribution in [3.63, 3.8) is 0 Å². The van der Waals surface area contributed by atoms with Gasteiger partial charge in [0.2, 0.25) is 0 Å². The summed E-state index contributed by atoms with van der Waals surface area (Å²) < 4.78 is 27.3. The summed E-state index contributed by atoms with van der Waals surface area (Å²) in [7, 11) is -3.71. The van der Waals surface area contributed by atoms with Crippen LogP contribution in [0.1, 0.15) is 0 Å². The second kappa shape index (κ2) is 5.66. The van der Waals surface area contributed by atoms with Crippen molar-refractivity contribution in [1.82, 2.24) is 4.98 Å². The standard InChI is InChI=1S/C11H7BrCl2N2O2S/c12-9-2-1-7(5-10(9)13)16-19(17,18)8-3-4-15-11(14)6-8/h1-6,16H. The maximum Gasteiger partial charge on any atom is 0.262 e. The van der Waals surface area contributed by atoms with Crippen LogP contribution >= 0.6 is 39.1 Å². The second-order valence-corrected chi connectivity index (χ2v) is 6.88. The Hall–Kier alpha value is -0.820. The first-order chi connectivity index (χ1) is 8.88. The fourth-order valence-electron chi connectivity index (χ4n) is 1.33. The van der Waals surface area contributed by atoms with Crippen LogP contribution in [0, 0.1) is 0 Å². The van der Waals surface area contributed by atoms with Gasteiger partial charge in [0.15, 0.2) is 0 Å². The highest BCUT2D eigenvalue weighted by molar-refractivity contribution is 9.10. The SMILES string of the molecule is O=S(=O)(Nc1ccc(Br)c(Cl)c1)c1ccnc(Cl)c1.